The summed E-state index contributed by atoms with van der Waals surface area (Å²) in [4.78, 5) is 0. The van der Waals surface area contributed by atoms with Crippen molar-refractivity contribution in [1.82, 2.24) is 0 Å². The van der Waals surface area contributed by atoms with Crippen molar-refractivity contribution >= 4 is 18.8 Å². The van der Waals surface area contributed by atoms with Gasteiger partial charge in [0.15, 0.2) is 9.76 Å². The Hall–Kier alpha value is -0.386. The van der Waals surface area contributed by atoms with E-state index < -0.39 is 18.8 Å². The van der Waals surface area contributed by atoms with Crippen LogP contribution in [0.1, 0.15) is 40.0 Å². The first kappa shape index (κ1) is 14.6. The van der Waals surface area contributed by atoms with E-state index in [4.69, 9.17) is 4.12 Å². The van der Waals surface area contributed by atoms with Crippen molar-refractivity contribution in [3.63, 3.8) is 0 Å². The van der Waals surface area contributed by atoms with E-state index in [-0.39, 0.29) is 0 Å². The molecular weight excluding hydrogens is 216 g/mol. The van der Waals surface area contributed by atoms with Gasteiger partial charge in [0.25, 0.3) is 9.04 Å². The normalized spacial score (nSPS) is 13.6. The summed E-state index contributed by atoms with van der Waals surface area (Å²) in [5, 5.41) is 0. The van der Waals surface area contributed by atoms with E-state index >= 15 is 0 Å². The molecule has 15 heavy (non-hydrogen) atoms. The van der Waals surface area contributed by atoms with Crippen LogP contribution in [0.15, 0.2) is 35.3 Å². The molecule has 0 heterocycles. The van der Waals surface area contributed by atoms with E-state index in [1.807, 2.05) is 0 Å². The Balaban J connectivity index is 3.95. The van der Waals surface area contributed by atoms with Gasteiger partial charge in [-0.15, -0.1) is 0 Å². The van der Waals surface area contributed by atoms with Crippen molar-refractivity contribution < 1.29 is 4.12 Å². The third kappa shape index (κ3) is 9.91. The molecule has 0 aromatic heterocycles. The molecule has 0 saturated carbocycles. The molecule has 0 aromatic rings. The zero-order valence-corrected chi connectivity index (χ0v) is 12.6. The zero-order chi connectivity index (χ0) is 11.4. The lowest BCUT2D eigenvalue weighted by atomic mass is 10.5. The molecule has 85 valence electrons. The van der Waals surface area contributed by atoms with Gasteiger partial charge in [-0.1, -0.05) is 56.1 Å². The van der Waals surface area contributed by atoms with Crippen molar-refractivity contribution in [2.24, 2.45) is 0 Å². The molecule has 0 atom stereocenters. The Morgan fingerprint density at radius 2 is 1.47 bits per heavy atom. The standard InChI is InChI=1S/C12H23OSi2/c1-4-7-10-14-13-15(11-8-5-2)12-9-6-3/h7-12H,4-6,14H2,1-3H3. The predicted molar refractivity (Wildman–Crippen MR) is 73.7 cm³/mol. The summed E-state index contributed by atoms with van der Waals surface area (Å²) in [7, 11) is -1.24. The minimum absolute atomic E-state index is 0.441. The fourth-order valence-electron chi connectivity index (χ4n) is 0.999. The van der Waals surface area contributed by atoms with Crippen LogP contribution in [0, 0.1) is 0 Å². The van der Waals surface area contributed by atoms with Crippen molar-refractivity contribution in [2.45, 2.75) is 40.0 Å². The first-order chi connectivity index (χ1) is 7.35. The van der Waals surface area contributed by atoms with Crippen molar-refractivity contribution in [3.8, 4) is 0 Å². The molecule has 0 aliphatic carbocycles. The monoisotopic (exact) mass is 239 g/mol. The average molecular weight is 239 g/mol. The highest BCUT2D eigenvalue weighted by Crippen LogP contribution is 1.95. The molecular formula is C12H23OSi2. The predicted octanol–water partition coefficient (Wildman–Crippen LogP) is 3.01. The minimum atomic E-state index is -0.801. The zero-order valence-electron chi connectivity index (χ0n) is 10.2. The van der Waals surface area contributed by atoms with Gasteiger partial charge in [-0.3, -0.25) is 0 Å². The molecule has 3 heteroatoms. The lowest BCUT2D eigenvalue weighted by molar-refractivity contribution is 0.644. The van der Waals surface area contributed by atoms with Crippen LogP contribution >= 0.6 is 0 Å². The molecule has 0 aromatic carbocycles. The van der Waals surface area contributed by atoms with Crippen molar-refractivity contribution in [2.75, 3.05) is 0 Å². The van der Waals surface area contributed by atoms with Crippen LogP contribution in [0.2, 0.25) is 0 Å². The Morgan fingerprint density at radius 3 is 1.93 bits per heavy atom. The van der Waals surface area contributed by atoms with E-state index in [2.05, 4.69) is 56.1 Å². The summed E-state index contributed by atoms with van der Waals surface area (Å²) in [6.07, 6.45) is 9.96. The fourth-order valence-corrected chi connectivity index (χ4v) is 4.44. The maximum absolute atomic E-state index is 5.93. The molecule has 0 saturated heterocycles. The van der Waals surface area contributed by atoms with Crippen molar-refractivity contribution in [3.05, 3.63) is 35.3 Å². The summed E-state index contributed by atoms with van der Waals surface area (Å²) < 4.78 is 5.93. The van der Waals surface area contributed by atoms with Crippen LogP contribution in [0.25, 0.3) is 0 Å². The molecule has 0 amide bonds. The van der Waals surface area contributed by atoms with E-state index in [9.17, 15) is 0 Å². The molecule has 0 bridgehead atoms. The van der Waals surface area contributed by atoms with Gasteiger partial charge < -0.3 is 4.12 Å². The van der Waals surface area contributed by atoms with E-state index in [1.165, 1.54) is 0 Å². The third-order valence-electron chi connectivity index (χ3n) is 1.78. The fraction of sp³-hybridized carbons (Fsp3) is 0.500. The number of hydrogen-bond acceptors (Lipinski definition) is 1. The number of allylic oxidation sites excluding steroid dienone is 3. The second-order valence-corrected chi connectivity index (χ2v) is 6.65. The van der Waals surface area contributed by atoms with Gasteiger partial charge in [0.2, 0.25) is 0 Å². The molecule has 0 aliphatic heterocycles. The van der Waals surface area contributed by atoms with Gasteiger partial charge in [-0.25, -0.2) is 0 Å². The van der Waals surface area contributed by atoms with Crippen molar-refractivity contribution in [1.29, 1.82) is 0 Å². The van der Waals surface area contributed by atoms with Crippen LogP contribution in [-0.2, 0) is 4.12 Å². The van der Waals surface area contributed by atoms with Gasteiger partial charge in [0.1, 0.15) is 0 Å². The molecule has 0 fully saturated rings. The van der Waals surface area contributed by atoms with Gasteiger partial charge >= 0.3 is 0 Å². The van der Waals surface area contributed by atoms with Gasteiger partial charge in [-0.05, 0) is 19.3 Å². The molecule has 0 aliphatic rings. The van der Waals surface area contributed by atoms with Gasteiger partial charge in [0.05, 0.1) is 0 Å². The summed E-state index contributed by atoms with van der Waals surface area (Å²) in [6, 6.07) is 0. The maximum Gasteiger partial charge on any atom is 0.255 e. The first-order valence-corrected chi connectivity index (χ1v) is 8.78. The van der Waals surface area contributed by atoms with E-state index in [1.54, 1.807) is 0 Å². The van der Waals surface area contributed by atoms with Gasteiger partial charge in [-0.2, -0.15) is 0 Å². The van der Waals surface area contributed by atoms with Crippen LogP contribution in [0.4, 0.5) is 0 Å². The van der Waals surface area contributed by atoms with Crippen LogP contribution < -0.4 is 0 Å². The summed E-state index contributed by atoms with van der Waals surface area (Å²) in [6.45, 7) is 6.48. The lowest BCUT2D eigenvalue weighted by Crippen LogP contribution is -2.15. The van der Waals surface area contributed by atoms with Crippen LogP contribution in [-0.4, -0.2) is 18.8 Å². The highest BCUT2D eigenvalue weighted by Gasteiger charge is 2.01. The first-order valence-electron chi connectivity index (χ1n) is 5.82. The number of hydrogen-bond donors (Lipinski definition) is 0. The maximum atomic E-state index is 5.93. The molecule has 0 rings (SSSR count). The summed E-state index contributed by atoms with van der Waals surface area (Å²) in [5.41, 5.74) is 6.75. The summed E-state index contributed by atoms with van der Waals surface area (Å²) in [5.74, 6) is 0. The van der Waals surface area contributed by atoms with E-state index in [0.29, 0.717) is 0 Å². The number of rotatable bonds is 8. The Labute approximate surface area is 98.6 Å². The minimum Gasteiger partial charge on any atom is -0.451 e. The highest BCUT2D eigenvalue weighted by atomic mass is 28.3. The molecule has 0 unspecified atom stereocenters. The quantitative estimate of drug-likeness (QED) is 0.592. The highest BCUT2D eigenvalue weighted by molar-refractivity contribution is 6.68. The SMILES string of the molecule is CCC=C[SiH2]O[Si](C=CCC)C=CCC. The average Bonchev–Trinajstić information content (AvgIpc) is 2.27. The molecule has 0 spiro atoms. The molecule has 1 radical (unpaired) electrons. The lowest BCUT2D eigenvalue weighted by Gasteiger charge is -2.04. The largest absolute Gasteiger partial charge is 0.451 e. The van der Waals surface area contributed by atoms with Crippen LogP contribution in [0.3, 0.4) is 0 Å². The summed E-state index contributed by atoms with van der Waals surface area (Å²) >= 11 is 0. The topological polar surface area (TPSA) is 9.23 Å². The Bertz CT molecular complexity index is 196. The molecule has 1 nitrogen and oxygen atoms in total. The Morgan fingerprint density at radius 1 is 0.933 bits per heavy atom. The smallest absolute Gasteiger partial charge is 0.255 e. The third-order valence-corrected chi connectivity index (χ3v) is 5.44. The van der Waals surface area contributed by atoms with E-state index in [0.717, 1.165) is 19.3 Å². The Kier molecular flexibility index (Phi) is 11.4. The van der Waals surface area contributed by atoms with Gasteiger partial charge in [0, 0.05) is 0 Å². The van der Waals surface area contributed by atoms with Crippen LogP contribution in [0.5, 0.6) is 0 Å². The molecule has 0 N–H and O–H groups in total. The second-order valence-electron chi connectivity index (χ2n) is 3.21. The second kappa shape index (κ2) is 11.7.